The fraction of sp³-hybridized carbons (Fsp3) is 0.431. The first-order chi connectivity index (χ1) is 33.2. The second-order valence-corrected chi connectivity index (χ2v) is 18.5. The van der Waals surface area contributed by atoms with Crippen molar-refractivity contribution in [1.82, 2.24) is 30.5 Å². The minimum atomic E-state index is -0.295. The molecule has 4 aliphatic rings. The van der Waals surface area contributed by atoms with Crippen LogP contribution in [0.3, 0.4) is 0 Å². The van der Waals surface area contributed by atoms with Crippen molar-refractivity contribution < 1.29 is 28.5 Å². The lowest BCUT2D eigenvalue weighted by Gasteiger charge is -2.34. The summed E-state index contributed by atoms with van der Waals surface area (Å²) in [5.74, 6) is 2.49. The number of carbonyl (C=O) groups excluding carboxylic acids is 2. The molecule has 4 aromatic rings. The first-order valence-corrected chi connectivity index (χ1v) is 24.0. The molecule has 69 heavy (non-hydrogen) atoms. The van der Waals surface area contributed by atoms with E-state index in [0.717, 1.165) is 107 Å². The molecule has 17 nitrogen and oxygen atoms in total. The van der Waals surface area contributed by atoms with Crippen molar-refractivity contribution in [1.29, 1.82) is 5.26 Å². The summed E-state index contributed by atoms with van der Waals surface area (Å²) in [4.78, 5) is 34.7. The van der Waals surface area contributed by atoms with E-state index in [9.17, 15) is 14.9 Å². The zero-order valence-electron chi connectivity index (χ0n) is 41.4. The van der Waals surface area contributed by atoms with Gasteiger partial charge in [-0.3, -0.25) is 0 Å². The van der Waals surface area contributed by atoms with Gasteiger partial charge in [0.1, 0.15) is 6.07 Å². The van der Waals surface area contributed by atoms with Crippen molar-refractivity contribution in [3.05, 3.63) is 104 Å². The number of anilines is 2. The molecule has 2 atom stereocenters. The van der Waals surface area contributed by atoms with Crippen LogP contribution < -0.4 is 39.4 Å². The second-order valence-electron chi connectivity index (χ2n) is 17.6. The fourth-order valence-electron chi connectivity index (χ4n) is 9.15. The average Bonchev–Trinajstić information content (AvgIpc) is 3.60. The van der Waals surface area contributed by atoms with Crippen LogP contribution in [0.2, 0.25) is 0 Å². The van der Waals surface area contributed by atoms with E-state index in [1.165, 1.54) is 10.0 Å². The molecule has 0 aliphatic carbocycles. The molecule has 0 bridgehead atoms. The van der Waals surface area contributed by atoms with E-state index in [1.54, 1.807) is 42.5 Å². The maximum absolute atomic E-state index is 12.7. The van der Waals surface area contributed by atoms with Crippen LogP contribution in [0, 0.1) is 11.3 Å². The summed E-state index contributed by atoms with van der Waals surface area (Å²) in [7, 11) is 13.9. The Balaban J connectivity index is 0.000000204. The van der Waals surface area contributed by atoms with Crippen LogP contribution in [0.25, 0.3) is 0 Å². The Morgan fingerprint density at radius 2 is 1.00 bits per heavy atom. The molecule has 4 amide bonds. The monoisotopic (exact) mass is 1010 g/mol. The lowest BCUT2D eigenvalue weighted by Crippen LogP contribution is -2.44. The molecule has 366 valence electrons. The van der Waals surface area contributed by atoms with Crippen LogP contribution in [0.5, 0.6) is 23.0 Å². The van der Waals surface area contributed by atoms with Crippen LogP contribution in [0.1, 0.15) is 52.8 Å². The third-order valence-electron chi connectivity index (χ3n) is 13.2. The van der Waals surface area contributed by atoms with Gasteiger partial charge in [-0.25, -0.2) is 19.6 Å². The zero-order chi connectivity index (χ0) is 49.5. The molecule has 1 unspecified atom stereocenters. The number of fused-ring (bicyclic) bond motifs is 2. The summed E-state index contributed by atoms with van der Waals surface area (Å²) in [6.45, 7) is 11.6. The number of amides is 4. The number of piperazine rings is 2. The highest BCUT2D eigenvalue weighted by atomic mass is 79.9. The van der Waals surface area contributed by atoms with Crippen molar-refractivity contribution >= 4 is 50.8 Å². The number of halogens is 1. The molecule has 0 aromatic heterocycles. The lowest BCUT2D eigenvalue weighted by molar-refractivity contribution is 0.184. The number of likely N-dealkylation sites (N-methyl/N-ethyl adjacent to an activating group) is 2. The molecule has 18 heteroatoms. The van der Waals surface area contributed by atoms with Gasteiger partial charge in [0.2, 0.25) is 0 Å². The maximum atomic E-state index is 12.7. The first kappa shape index (κ1) is 50.3. The molecule has 0 radical (unpaired) electrons. The number of benzene rings is 4. The molecule has 4 aliphatic heterocycles. The van der Waals surface area contributed by atoms with Gasteiger partial charge in [-0.05, 0) is 116 Å². The van der Waals surface area contributed by atoms with Gasteiger partial charge in [-0.2, -0.15) is 15.5 Å². The largest absolute Gasteiger partial charge is 0.493 e. The number of rotatable bonds is 8. The number of methoxy groups -OCH3 is 4. The molecule has 2 N–H and O–H groups in total. The summed E-state index contributed by atoms with van der Waals surface area (Å²) in [6, 6.07) is 21.4. The van der Waals surface area contributed by atoms with E-state index in [-0.39, 0.29) is 24.1 Å². The minimum absolute atomic E-state index is 0.137. The van der Waals surface area contributed by atoms with Gasteiger partial charge in [0, 0.05) is 93.2 Å². The lowest BCUT2D eigenvalue weighted by atomic mass is 9.93. The van der Waals surface area contributed by atoms with Gasteiger partial charge in [0.05, 0.1) is 68.9 Å². The molecule has 8 rings (SSSR count). The third-order valence-corrected chi connectivity index (χ3v) is 13.8. The van der Waals surface area contributed by atoms with Gasteiger partial charge in [0.25, 0.3) is 0 Å². The van der Waals surface area contributed by atoms with Crippen molar-refractivity contribution in [3.8, 4) is 29.1 Å². The summed E-state index contributed by atoms with van der Waals surface area (Å²) < 4.78 is 23.2. The van der Waals surface area contributed by atoms with Crippen LogP contribution in [-0.2, 0) is 12.8 Å². The molecular formula is C51H64BrN11O6. The summed E-state index contributed by atoms with van der Waals surface area (Å²) >= 11 is 3.80. The Bertz CT molecular complexity index is 2640. The Kier molecular flexibility index (Phi) is 16.2. The molecule has 2 saturated heterocycles. The normalized spacial score (nSPS) is 18.4. The van der Waals surface area contributed by atoms with Crippen molar-refractivity contribution in [2.45, 2.75) is 38.8 Å². The van der Waals surface area contributed by atoms with Crippen molar-refractivity contribution in [2.75, 3.05) is 119 Å². The third kappa shape index (κ3) is 10.9. The predicted octanol–water partition coefficient (Wildman–Crippen LogP) is 6.22. The summed E-state index contributed by atoms with van der Waals surface area (Å²) in [5, 5.41) is 28.1. The van der Waals surface area contributed by atoms with E-state index < -0.39 is 0 Å². The maximum Gasteiger partial charge on any atom is 0.337 e. The molecule has 4 aromatic carbocycles. The standard InChI is InChI=1S/C26H32N6O3.C25H32BrN5O3/c1-17-12-19-14-23(34-4)24(35-5)15-21(19)25(29-32(17)26(33)28-2)18-6-7-22(20(13-18)16-27)31-10-8-30(3)9-11-31;1-16-12-18-14-22(33-4)23(34-5)15-19(18)24(28-31(16)25(32)27-2)17-6-7-21(20(26)13-17)30-10-8-29(3)9-11-30/h6-7,13-15,17H,8-12H2,1-5H3,(H,28,33);6-7,13-16H,8-12H2,1-5H3,(H,27,32)/t17-;/m0./s1. The van der Waals surface area contributed by atoms with E-state index >= 15 is 0 Å². The number of nitriles is 1. The van der Waals surface area contributed by atoms with E-state index in [1.807, 2.05) is 56.3 Å². The number of hydrogen-bond acceptors (Lipinski definition) is 13. The van der Waals surface area contributed by atoms with Crippen LogP contribution in [0.15, 0.2) is 75.3 Å². The molecule has 2 fully saturated rings. The van der Waals surface area contributed by atoms with Crippen LogP contribution in [-0.4, -0.2) is 164 Å². The minimum Gasteiger partial charge on any atom is -0.493 e. The Labute approximate surface area is 414 Å². The highest BCUT2D eigenvalue weighted by molar-refractivity contribution is 9.10. The predicted molar refractivity (Wildman–Crippen MR) is 274 cm³/mol. The zero-order valence-corrected chi connectivity index (χ0v) is 42.9. The number of nitrogens with zero attached hydrogens (tertiary/aromatic N) is 9. The van der Waals surface area contributed by atoms with E-state index in [2.05, 4.69) is 84.5 Å². The van der Waals surface area contributed by atoms with Gasteiger partial charge in [0.15, 0.2) is 23.0 Å². The summed E-state index contributed by atoms with van der Waals surface area (Å²) in [6.07, 6.45) is 1.22. The fourth-order valence-corrected chi connectivity index (χ4v) is 9.78. The number of urea groups is 2. The Hall–Kier alpha value is -6.55. The smallest absolute Gasteiger partial charge is 0.337 e. The highest BCUT2D eigenvalue weighted by Crippen LogP contribution is 2.38. The Morgan fingerprint density at radius 3 is 1.39 bits per heavy atom. The number of ether oxygens (including phenoxy) is 4. The number of carbonyl (C=O) groups is 2. The number of hydrazone groups is 2. The van der Waals surface area contributed by atoms with Gasteiger partial charge >= 0.3 is 12.1 Å². The van der Waals surface area contributed by atoms with Gasteiger partial charge in [-0.15, -0.1) is 0 Å². The summed E-state index contributed by atoms with van der Waals surface area (Å²) in [5.41, 5.74) is 9.48. The van der Waals surface area contributed by atoms with Crippen molar-refractivity contribution in [2.24, 2.45) is 10.2 Å². The average molecular weight is 1010 g/mol. The van der Waals surface area contributed by atoms with Crippen molar-refractivity contribution in [3.63, 3.8) is 0 Å². The highest BCUT2D eigenvalue weighted by Gasteiger charge is 2.31. The SMILES string of the molecule is CNC(=O)N1N=C(c2ccc(N3CCN(C)CC3)c(Br)c2)c2cc(OC)c(OC)cc2CC1C.CNC(=O)N1N=C(c2ccc(N3CCN(C)CC3)c(C#N)c2)c2cc(OC)c(OC)cc2C[C@@H]1C. The molecular weight excluding hydrogens is 943 g/mol. The van der Waals surface area contributed by atoms with Crippen LogP contribution >= 0.6 is 15.9 Å². The van der Waals surface area contributed by atoms with Gasteiger partial charge < -0.3 is 49.2 Å². The molecule has 0 spiro atoms. The van der Waals surface area contributed by atoms with Gasteiger partial charge in [-0.1, -0.05) is 12.1 Å². The second kappa shape index (κ2) is 22.3. The topological polar surface area (TPSA) is 163 Å². The quantitative estimate of drug-likeness (QED) is 0.206. The first-order valence-electron chi connectivity index (χ1n) is 23.2. The molecule has 4 heterocycles. The van der Waals surface area contributed by atoms with Crippen LogP contribution in [0.4, 0.5) is 21.0 Å². The molecule has 0 saturated carbocycles. The van der Waals surface area contributed by atoms with E-state index in [4.69, 9.17) is 29.2 Å². The van der Waals surface area contributed by atoms with E-state index in [0.29, 0.717) is 47.1 Å². The Morgan fingerprint density at radius 1 is 0.609 bits per heavy atom. The number of hydrogen-bond donors (Lipinski definition) is 2. The number of nitrogens with one attached hydrogen (secondary N) is 2.